The molecule has 1 atom stereocenters. The highest BCUT2D eigenvalue weighted by Crippen LogP contribution is 2.28. The summed E-state index contributed by atoms with van der Waals surface area (Å²) in [4.78, 5) is 0. The van der Waals surface area contributed by atoms with Gasteiger partial charge in [0.15, 0.2) is 0 Å². The number of nitrogens with zero attached hydrogens (tertiary/aromatic N) is 1. The third kappa shape index (κ3) is 2.99. The predicted octanol–water partition coefficient (Wildman–Crippen LogP) is 1.70. The Balaban J connectivity index is 1.98. The molecule has 0 fully saturated rings. The summed E-state index contributed by atoms with van der Waals surface area (Å²) in [5, 5.41) is 12.4. The van der Waals surface area contributed by atoms with Crippen LogP contribution in [-0.2, 0) is 16.6 Å². The predicted molar refractivity (Wildman–Crippen MR) is 88.3 cm³/mol. The van der Waals surface area contributed by atoms with Crippen molar-refractivity contribution >= 4 is 31.8 Å². The van der Waals surface area contributed by atoms with Gasteiger partial charge in [0.2, 0.25) is 10.0 Å². The van der Waals surface area contributed by atoms with E-state index in [4.69, 9.17) is 0 Å². The van der Waals surface area contributed by atoms with Crippen LogP contribution in [0.4, 0.5) is 0 Å². The van der Waals surface area contributed by atoms with Gasteiger partial charge in [-0.2, -0.15) is 0 Å². The van der Waals surface area contributed by atoms with Crippen molar-refractivity contribution in [2.24, 2.45) is 0 Å². The summed E-state index contributed by atoms with van der Waals surface area (Å²) in [5.41, 5.74) is 2.06. The molecule has 2 aromatic carbocycles. The van der Waals surface area contributed by atoms with Crippen molar-refractivity contribution in [3.8, 4) is 0 Å². The molecule has 6 heteroatoms. The molecule has 0 saturated heterocycles. The van der Waals surface area contributed by atoms with Crippen molar-refractivity contribution in [1.82, 2.24) is 9.29 Å². The van der Waals surface area contributed by atoms with Crippen LogP contribution >= 0.6 is 0 Å². The van der Waals surface area contributed by atoms with Crippen LogP contribution in [0.25, 0.3) is 21.8 Å². The summed E-state index contributed by atoms with van der Waals surface area (Å²) >= 11 is 0. The second kappa shape index (κ2) is 5.72. The maximum atomic E-state index is 11.1. The zero-order chi connectivity index (χ0) is 15.7. The van der Waals surface area contributed by atoms with Crippen molar-refractivity contribution in [3.05, 3.63) is 48.5 Å². The first-order valence-corrected chi connectivity index (χ1v) is 8.93. The van der Waals surface area contributed by atoms with E-state index in [1.807, 2.05) is 41.0 Å². The lowest BCUT2D eigenvalue weighted by Gasteiger charge is -2.14. The number of aromatic nitrogens is 1. The topological polar surface area (TPSA) is 71.3 Å². The largest absolute Gasteiger partial charge is 0.390 e. The van der Waals surface area contributed by atoms with Crippen LogP contribution in [0.3, 0.4) is 0 Å². The number of aliphatic hydroxyl groups is 1. The van der Waals surface area contributed by atoms with E-state index in [0.29, 0.717) is 6.54 Å². The van der Waals surface area contributed by atoms with E-state index < -0.39 is 16.1 Å². The summed E-state index contributed by atoms with van der Waals surface area (Å²) in [6.45, 7) is 0.330. The van der Waals surface area contributed by atoms with Crippen molar-refractivity contribution in [2.75, 3.05) is 12.8 Å². The van der Waals surface area contributed by atoms with E-state index in [0.717, 1.165) is 28.1 Å². The fraction of sp³-hybridized carbons (Fsp3) is 0.250. The normalized spacial score (nSPS) is 13.7. The fourth-order valence-electron chi connectivity index (χ4n) is 2.72. The van der Waals surface area contributed by atoms with Crippen LogP contribution in [-0.4, -0.2) is 37.0 Å². The molecule has 5 nitrogen and oxygen atoms in total. The summed E-state index contributed by atoms with van der Waals surface area (Å²) in [5.74, 6) is 0. The van der Waals surface area contributed by atoms with Gasteiger partial charge in [-0.1, -0.05) is 36.4 Å². The smallest absolute Gasteiger partial charge is 0.208 e. The highest BCUT2D eigenvalue weighted by molar-refractivity contribution is 7.88. The Hall–Kier alpha value is -1.89. The van der Waals surface area contributed by atoms with Gasteiger partial charge in [-0.15, -0.1) is 0 Å². The van der Waals surface area contributed by atoms with Gasteiger partial charge in [-0.05, 0) is 12.1 Å². The van der Waals surface area contributed by atoms with Gasteiger partial charge >= 0.3 is 0 Å². The molecule has 0 aliphatic rings. The van der Waals surface area contributed by atoms with Gasteiger partial charge in [0, 0.05) is 28.4 Å². The molecule has 0 radical (unpaired) electrons. The number of fused-ring (bicyclic) bond motifs is 3. The maximum Gasteiger partial charge on any atom is 0.208 e. The average molecular weight is 318 g/mol. The van der Waals surface area contributed by atoms with Gasteiger partial charge in [0.1, 0.15) is 0 Å². The highest BCUT2D eigenvalue weighted by Gasteiger charge is 2.14. The first-order chi connectivity index (χ1) is 10.5. The number of aliphatic hydroxyl groups excluding tert-OH is 1. The molecule has 3 rings (SSSR count). The molecule has 116 valence electrons. The molecule has 0 spiro atoms. The maximum absolute atomic E-state index is 11.1. The van der Waals surface area contributed by atoms with Crippen LogP contribution in [0, 0.1) is 0 Å². The summed E-state index contributed by atoms with van der Waals surface area (Å²) in [6.07, 6.45) is 0.286. The van der Waals surface area contributed by atoms with E-state index in [9.17, 15) is 13.5 Å². The van der Waals surface area contributed by atoms with Gasteiger partial charge in [-0.25, -0.2) is 13.1 Å². The Bertz CT molecular complexity index is 862. The van der Waals surface area contributed by atoms with E-state index >= 15 is 0 Å². The molecule has 0 amide bonds. The monoisotopic (exact) mass is 318 g/mol. The van der Waals surface area contributed by atoms with Crippen molar-refractivity contribution < 1.29 is 13.5 Å². The van der Waals surface area contributed by atoms with Crippen LogP contribution in [0.2, 0.25) is 0 Å². The fourth-order valence-corrected chi connectivity index (χ4v) is 3.22. The Morgan fingerprint density at radius 1 is 1.05 bits per heavy atom. The van der Waals surface area contributed by atoms with Gasteiger partial charge in [0.25, 0.3) is 0 Å². The molecule has 0 saturated carbocycles. The molecule has 0 aliphatic heterocycles. The average Bonchev–Trinajstić information content (AvgIpc) is 2.80. The lowest BCUT2D eigenvalue weighted by molar-refractivity contribution is 0.161. The second-order valence-electron chi connectivity index (χ2n) is 5.42. The number of benzene rings is 2. The molecule has 2 N–H and O–H groups in total. The molecule has 3 aromatic rings. The number of para-hydroxylation sites is 2. The second-order valence-corrected chi connectivity index (χ2v) is 7.25. The lowest BCUT2D eigenvalue weighted by atomic mass is 10.2. The van der Waals surface area contributed by atoms with Crippen molar-refractivity contribution in [1.29, 1.82) is 0 Å². The minimum absolute atomic E-state index is 0.000330. The van der Waals surface area contributed by atoms with E-state index in [2.05, 4.69) is 16.9 Å². The number of sulfonamides is 1. The third-order valence-corrected chi connectivity index (χ3v) is 4.35. The van der Waals surface area contributed by atoms with Crippen molar-refractivity contribution in [2.45, 2.75) is 12.6 Å². The Morgan fingerprint density at radius 2 is 1.55 bits per heavy atom. The first-order valence-electron chi connectivity index (χ1n) is 7.04. The van der Waals surface area contributed by atoms with Crippen LogP contribution < -0.4 is 4.72 Å². The number of rotatable bonds is 5. The minimum Gasteiger partial charge on any atom is -0.390 e. The van der Waals surface area contributed by atoms with E-state index in [-0.39, 0.29) is 6.54 Å². The minimum atomic E-state index is -3.30. The Labute approximate surface area is 129 Å². The van der Waals surface area contributed by atoms with Crippen LogP contribution in [0.5, 0.6) is 0 Å². The summed E-state index contributed by atoms with van der Waals surface area (Å²) < 4.78 is 26.6. The molecule has 22 heavy (non-hydrogen) atoms. The Kier molecular flexibility index (Phi) is 3.90. The van der Waals surface area contributed by atoms with Gasteiger partial charge in [-0.3, -0.25) is 0 Å². The highest BCUT2D eigenvalue weighted by atomic mass is 32.2. The quantitative estimate of drug-likeness (QED) is 0.752. The third-order valence-electron chi connectivity index (χ3n) is 3.65. The zero-order valence-corrected chi connectivity index (χ0v) is 13.0. The molecular formula is C16H18N2O3S. The summed E-state index contributed by atoms with van der Waals surface area (Å²) in [6, 6.07) is 16.0. The lowest BCUT2D eigenvalue weighted by Crippen LogP contribution is -2.33. The molecule has 1 heterocycles. The molecule has 1 aromatic heterocycles. The number of hydrogen-bond donors (Lipinski definition) is 2. The number of nitrogens with one attached hydrogen (secondary N) is 1. The SMILES string of the molecule is CS(=O)(=O)NCC(O)Cn1c2ccccc2c2ccccc21. The number of hydrogen-bond acceptors (Lipinski definition) is 3. The standard InChI is InChI=1S/C16H18N2O3S/c1-22(20,21)17-10-12(19)11-18-15-8-4-2-6-13(15)14-7-3-5-9-16(14)18/h2-9,12,17,19H,10-11H2,1H3. The van der Waals surface area contributed by atoms with Crippen molar-refractivity contribution in [3.63, 3.8) is 0 Å². The van der Waals surface area contributed by atoms with Gasteiger partial charge < -0.3 is 9.67 Å². The molecule has 0 aliphatic carbocycles. The van der Waals surface area contributed by atoms with Crippen LogP contribution in [0.1, 0.15) is 0 Å². The molecular weight excluding hydrogens is 300 g/mol. The zero-order valence-electron chi connectivity index (χ0n) is 12.2. The van der Waals surface area contributed by atoms with Crippen LogP contribution in [0.15, 0.2) is 48.5 Å². The van der Waals surface area contributed by atoms with Gasteiger partial charge in [0.05, 0.1) is 18.9 Å². The molecule has 1 unspecified atom stereocenters. The van der Waals surface area contributed by atoms with E-state index in [1.54, 1.807) is 0 Å². The first kappa shape index (κ1) is 15.0. The van der Waals surface area contributed by atoms with E-state index in [1.165, 1.54) is 0 Å². The Morgan fingerprint density at radius 3 is 2.05 bits per heavy atom. The molecule has 0 bridgehead atoms. The summed E-state index contributed by atoms with van der Waals surface area (Å²) in [7, 11) is -3.30.